The highest BCUT2D eigenvalue weighted by molar-refractivity contribution is 8.05. The second-order valence-electron chi connectivity index (χ2n) is 4.71. The van der Waals surface area contributed by atoms with Crippen LogP contribution in [0.4, 0.5) is 4.39 Å². The minimum absolute atomic E-state index is 0.0924. The van der Waals surface area contributed by atoms with Gasteiger partial charge in [0.15, 0.2) is 5.78 Å². The van der Waals surface area contributed by atoms with E-state index < -0.39 is 0 Å². The summed E-state index contributed by atoms with van der Waals surface area (Å²) in [7, 11) is 0. The number of Topliss-reactive ketones (excluding diaryl/α,β-unsaturated/α-hetero) is 1. The molecule has 1 aliphatic heterocycles. The zero-order valence-electron chi connectivity index (χ0n) is 11.0. The van der Waals surface area contributed by atoms with Gasteiger partial charge < -0.3 is 5.73 Å². The maximum absolute atomic E-state index is 12.1. The summed E-state index contributed by atoms with van der Waals surface area (Å²) in [5.74, 6) is 0.100. The molecule has 1 aromatic rings. The van der Waals surface area contributed by atoms with Crippen LogP contribution in [0.3, 0.4) is 0 Å². The number of thioether (sulfide) groups is 1. The molecule has 0 aromatic heterocycles. The van der Waals surface area contributed by atoms with Crippen LogP contribution in [0.1, 0.15) is 30.9 Å². The third-order valence-corrected chi connectivity index (χ3v) is 4.26. The van der Waals surface area contributed by atoms with E-state index in [1.807, 2.05) is 31.2 Å². The summed E-state index contributed by atoms with van der Waals surface area (Å²) in [6.07, 6.45) is 2.25. The van der Waals surface area contributed by atoms with Gasteiger partial charge in [0.1, 0.15) is 0 Å². The molecule has 1 aromatic carbocycles. The van der Waals surface area contributed by atoms with Gasteiger partial charge in [-0.05, 0) is 37.3 Å². The van der Waals surface area contributed by atoms with Gasteiger partial charge in [0, 0.05) is 0 Å². The molecule has 0 fully saturated rings. The number of unbranched alkanes of at least 4 members (excludes halogenated alkanes) is 1. The molecule has 0 amide bonds. The fourth-order valence-corrected chi connectivity index (χ4v) is 3.16. The number of alkyl halides is 1. The quantitative estimate of drug-likeness (QED) is 0.841. The highest BCUT2D eigenvalue weighted by Gasteiger charge is 2.30. The van der Waals surface area contributed by atoms with Gasteiger partial charge in [-0.2, -0.15) is 0 Å². The van der Waals surface area contributed by atoms with Crippen LogP contribution >= 0.6 is 11.8 Å². The first kappa shape index (κ1) is 14.1. The first-order valence-electron chi connectivity index (χ1n) is 6.49. The maximum Gasteiger partial charge on any atom is 0.179 e. The predicted molar refractivity (Wildman–Crippen MR) is 78.5 cm³/mol. The van der Waals surface area contributed by atoms with E-state index in [2.05, 4.69) is 0 Å². The Morgan fingerprint density at radius 1 is 1.37 bits per heavy atom. The Balaban J connectivity index is 2.19. The van der Waals surface area contributed by atoms with Crippen LogP contribution in [0.25, 0.3) is 5.57 Å². The molecule has 0 aliphatic carbocycles. The van der Waals surface area contributed by atoms with Gasteiger partial charge in [-0.15, -0.1) is 0 Å². The summed E-state index contributed by atoms with van der Waals surface area (Å²) in [6, 6.07) is 7.85. The van der Waals surface area contributed by atoms with Crippen molar-refractivity contribution in [3.05, 3.63) is 40.4 Å². The van der Waals surface area contributed by atoms with Crippen LogP contribution in [0.2, 0.25) is 0 Å². The van der Waals surface area contributed by atoms with Crippen LogP contribution < -0.4 is 5.73 Å². The van der Waals surface area contributed by atoms with Crippen molar-refractivity contribution in [1.29, 1.82) is 0 Å². The Hall–Kier alpha value is -1.29. The minimum Gasteiger partial charge on any atom is -0.393 e. The van der Waals surface area contributed by atoms with Gasteiger partial charge in [0.2, 0.25) is 0 Å². The van der Waals surface area contributed by atoms with Crippen LogP contribution in [0.15, 0.2) is 29.3 Å². The molecule has 0 spiro atoms. The van der Waals surface area contributed by atoms with Gasteiger partial charge in [0.25, 0.3) is 0 Å². The molecular weight excluding hydrogens is 261 g/mol. The van der Waals surface area contributed by atoms with E-state index in [1.165, 1.54) is 11.8 Å². The Morgan fingerprint density at radius 2 is 2.16 bits per heavy atom. The fourth-order valence-electron chi connectivity index (χ4n) is 2.22. The number of carbonyl (C=O) groups is 1. The first-order chi connectivity index (χ1) is 9.13. The van der Waals surface area contributed by atoms with Crippen LogP contribution in [-0.4, -0.2) is 17.7 Å². The zero-order chi connectivity index (χ0) is 13.8. The van der Waals surface area contributed by atoms with Crippen molar-refractivity contribution in [3.8, 4) is 0 Å². The van der Waals surface area contributed by atoms with Gasteiger partial charge in [-0.1, -0.05) is 36.0 Å². The molecule has 0 radical (unpaired) electrons. The van der Waals surface area contributed by atoms with Crippen molar-refractivity contribution in [2.75, 3.05) is 6.67 Å². The molecule has 1 aliphatic rings. The van der Waals surface area contributed by atoms with E-state index in [-0.39, 0.29) is 17.7 Å². The van der Waals surface area contributed by atoms with Crippen molar-refractivity contribution in [1.82, 2.24) is 0 Å². The minimum atomic E-state index is -0.273. The molecule has 0 bridgehead atoms. The number of allylic oxidation sites excluding steroid dienone is 1. The topological polar surface area (TPSA) is 43.1 Å². The van der Waals surface area contributed by atoms with Gasteiger partial charge in [-0.3, -0.25) is 9.18 Å². The molecule has 2 rings (SSSR count). The third kappa shape index (κ3) is 3.18. The van der Waals surface area contributed by atoms with Crippen LogP contribution in [0.5, 0.6) is 0 Å². The Labute approximate surface area is 117 Å². The van der Waals surface area contributed by atoms with Crippen molar-refractivity contribution >= 4 is 23.1 Å². The van der Waals surface area contributed by atoms with Crippen molar-refractivity contribution in [2.45, 2.75) is 31.4 Å². The highest BCUT2D eigenvalue weighted by Crippen LogP contribution is 2.37. The van der Waals surface area contributed by atoms with E-state index >= 15 is 0 Å². The Bertz CT molecular complexity index is 513. The maximum atomic E-state index is 12.1. The SMILES string of the molecule is CC1SC(N)=C(c2cccc(CCCCF)c2)C1=O. The number of carbonyl (C=O) groups excluding carboxylic acids is 1. The number of nitrogens with two attached hydrogens (primary N) is 1. The van der Waals surface area contributed by atoms with Crippen molar-refractivity contribution < 1.29 is 9.18 Å². The number of rotatable bonds is 5. The second-order valence-corrected chi connectivity index (χ2v) is 6.09. The number of benzene rings is 1. The number of halogens is 1. The monoisotopic (exact) mass is 279 g/mol. The molecule has 1 unspecified atom stereocenters. The van der Waals surface area contributed by atoms with E-state index in [0.717, 1.165) is 24.0 Å². The third-order valence-electron chi connectivity index (χ3n) is 3.23. The lowest BCUT2D eigenvalue weighted by Gasteiger charge is -2.06. The lowest BCUT2D eigenvalue weighted by atomic mass is 9.97. The van der Waals surface area contributed by atoms with Gasteiger partial charge in [0.05, 0.1) is 22.5 Å². The molecular formula is C15H18FNOS. The van der Waals surface area contributed by atoms with Crippen LogP contribution in [0, 0.1) is 0 Å². The Kier molecular flexibility index (Phi) is 4.64. The summed E-state index contributed by atoms with van der Waals surface area (Å²) < 4.78 is 12.1. The Morgan fingerprint density at radius 3 is 2.79 bits per heavy atom. The summed E-state index contributed by atoms with van der Waals surface area (Å²) in [5, 5.41) is 0.517. The lowest BCUT2D eigenvalue weighted by molar-refractivity contribution is -0.112. The van der Waals surface area contributed by atoms with E-state index in [0.29, 0.717) is 17.0 Å². The number of hydrogen-bond donors (Lipinski definition) is 1. The average molecular weight is 279 g/mol. The van der Waals surface area contributed by atoms with Crippen molar-refractivity contribution in [3.63, 3.8) is 0 Å². The number of hydrogen-bond acceptors (Lipinski definition) is 3. The molecule has 2 nitrogen and oxygen atoms in total. The normalized spacial score (nSPS) is 19.3. The average Bonchev–Trinajstić information content (AvgIpc) is 2.64. The summed E-state index contributed by atoms with van der Waals surface area (Å²) >= 11 is 1.42. The number of ketones is 1. The molecule has 4 heteroatoms. The van der Waals surface area contributed by atoms with Crippen molar-refractivity contribution in [2.24, 2.45) is 5.73 Å². The molecule has 2 N–H and O–H groups in total. The molecule has 1 atom stereocenters. The summed E-state index contributed by atoms with van der Waals surface area (Å²) in [6.45, 7) is 1.60. The van der Waals surface area contributed by atoms with Gasteiger partial charge >= 0.3 is 0 Å². The predicted octanol–water partition coefficient (Wildman–Crippen LogP) is 3.31. The molecule has 102 valence electrons. The number of aryl methyl sites for hydroxylation is 1. The van der Waals surface area contributed by atoms with E-state index in [1.54, 1.807) is 0 Å². The molecule has 19 heavy (non-hydrogen) atoms. The highest BCUT2D eigenvalue weighted by atomic mass is 32.2. The summed E-state index contributed by atoms with van der Waals surface area (Å²) in [5.41, 5.74) is 8.59. The second kappa shape index (κ2) is 6.24. The largest absolute Gasteiger partial charge is 0.393 e. The van der Waals surface area contributed by atoms with E-state index in [4.69, 9.17) is 5.73 Å². The summed E-state index contributed by atoms with van der Waals surface area (Å²) in [4.78, 5) is 12.1. The molecule has 0 saturated carbocycles. The van der Waals surface area contributed by atoms with E-state index in [9.17, 15) is 9.18 Å². The smallest absolute Gasteiger partial charge is 0.179 e. The standard InChI is InChI=1S/C15H18FNOS/c1-10-14(18)13(15(17)19-10)12-7-4-6-11(9-12)5-2-3-8-16/h4,6-7,9-10H,2-3,5,8,17H2,1H3. The molecule has 1 heterocycles. The lowest BCUT2D eigenvalue weighted by Crippen LogP contribution is -2.09. The zero-order valence-corrected chi connectivity index (χ0v) is 11.8. The fraction of sp³-hybridized carbons (Fsp3) is 0.400. The molecule has 0 saturated heterocycles. The first-order valence-corrected chi connectivity index (χ1v) is 7.37. The van der Waals surface area contributed by atoms with Crippen LogP contribution in [-0.2, 0) is 11.2 Å². The van der Waals surface area contributed by atoms with Gasteiger partial charge in [-0.25, -0.2) is 0 Å².